The molecule has 0 aromatic carbocycles. The van der Waals surface area contributed by atoms with Crippen molar-refractivity contribution in [2.45, 2.75) is 57.9 Å². The first-order chi connectivity index (χ1) is 9.72. The molecule has 0 atom stereocenters. The van der Waals surface area contributed by atoms with Gasteiger partial charge in [-0.05, 0) is 19.3 Å². The minimum atomic E-state index is 0.509. The number of rotatable bonds is 6. The molecule has 0 bridgehead atoms. The number of nitrogen functional groups attached to an aromatic ring is 1. The maximum Gasteiger partial charge on any atom is 0.157 e. The van der Waals surface area contributed by atoms with Gasteiger partial charge < -0.3 is 16.0 Å². The van der Waals surface area contributed by atoms with Crippen LogP contribution in [-0.4, -0.2) is 29.6 Å². The van der Waals surface area contributed by atoms with Crippen LogP contribution in [-0.2, 0) is 0 Å². The number of anilines is 3. The first kappa shape index (κ1) is 14.9. The zero-order valence-corrected chi connectivity index (χ0v) is 12.7. The van der Waals surface area contributed by atoms with Crippen LogP contribution in [0.3, 0.4) is 0 Å². The topological polar surface area (TPSA) is 67.1 Å². The number of nitrogens with two attached hydrogens (primary N) is 1. The second-order valence-electron chi connectivity index (χ2n) is 5.71. The summed E-state index contributed by atoms with van der Waals surface area (Å²) in [5, 5.41) is 3.50. The van der Waals surface area contributed by atoms with Crippen molar-refractivity contribution in [1.29, 1.82) is 0 Å². The van der Waals surface area contributed by atoms with Gasteiger partial charge in [0.25, 0.3) is 0 Å². The molecule has 1 fully saturated rings. The van der Waals surface area contributed by atoms with E-state index in [9.17, 15) is 0 Å². The molecule has 20 heavy (non-hydrogen) atoms. The average Bonchev–Trinajstić information content (AvgIpc) is 2.48. The predicted octanol–water partition coefficient (Wildman–Crippen LogP) is 3.04. The van der Waals surface area contributed by atoms with Crippen LogP contribution in [0.4, 0.5) is 17.3 Å². The van der Waals surface area contributed by atoms with Crippen molar-refractivity contribution in [3.63, 3.8) is 0 Å². The Labute approximate surface area is 122 Å². The van der Waals surface area contributed by atoms with Crippen LogP contribution in [0.2, 0.25) is 0 Å². The van der Waals surface area contributed by atoms with Crippen LogP contribution >= 0.6 is 0 Å². The van der Waals surface area contributed by atoms with Gasteiger partial charge in [0, 0.05) is 19.6 Å². The van der Waals surface area contributed by atoms with Crippen molar-refractivity contribution < 1.29 is 0 Å². The van der Waals surface area contributed by atoms with Gasteiger partial charge in [0.15, 0.2) is 11.6 Å². The number of aromatic nitrogens is 2. The molecule has 0 radical (unpaired) electrons. The van der Waals surface area contributed by atoms with Gasteiger partial charge in [-0.25, -0.2) is 9.97 Å². The highest BCUT2D eigenvalue weighted by Gasteiger charge is 2.17. The summed E-state index contributed by atoms with van der Waals surface area (Å²) in [4.78, 5) is 10.8. The molecule has 0 aliphatic heterocycles. The lowest BCUT2D eigenvalue weighted by Gasteiger charge is -2.25. The monoisotopic (exact) mass is 277 g/mol. The molecule has 3 N–H and O–H groups in total. The van der Waals surface area contributed by atoms with E-state index < -0.39 is 0 Å². The highest BCUT2D eigenvalue weighted by molar-refractivity contribution is 5.74. The highest BCUT2D eigenvalue weighted by Crippen LogP contribution is 2.28. The minimum Gasteiger partial charge on any atom is -0.393 e. The second kappa shape index (κ2) is 7.31. The van der Waals surface area contributed by atoms with Crippen molar-refractivity contribution in [1.82, 2.24) is 9.97 Å². The summed E-state index contributed by atoms with van der Waals surface area (Å²) in [5.41, 5.74) is 6.92. The van der Waals surface area contributed by atoms with E-state index in [1.54, 1.807) is 6.33 Å². The zero-order chi connectivity index (χ0) is 14.4. The Morgan fingerprint density at radius 2 is 2.05 bits per heavy atom. The molecule has 1 saturated carbocycles. The molecule has 5 nitrogen and oxygen atoms in total. The van der Waals surface area contributed by atoms with Crippen LogP contribution in [0.5, 0.6) is 0 Å². The Morgan fingerprint density at radius 1 is 1.30 bits per heavy atom. The summed E-state index contributed by atoms with van der Waals surface area (Å²) in [7, 11) is 2.04. The molecule has 1 aliphatic carbocycles. The Hall–Kier alpha value is -1.52. The molecule has 0 spiro atoms. The third-order valence-corrected chi connectivity index (χ3v) is 4.02. The number of unbranched alkanes of at least 4 members (excludes halogenated alkanes) is 1. The van der Waals surface area contributed by atoms with E-state index >= 15 is 0 Å². The number of nitrogens with zero attached hydrogens (tertiary/aromatic N) is 3. The van der Waals surface area contributed by atoms with E-state index in [4.69, 9.17) is 5.73 Å². The summed E-state index contributed by atoms with van der Waals surface area (Å²) in [5.74, 6) is 1.64. The molecule has 2 rings (SSSR count). The van der Waals surface area contributed by atoms with E-state index in [-0.39, 0.29) is 0 Å². The Balaban J connectivity index is 2.05. The quantitative estimate of drug-likeness (QED) is 0.836. The molecule has 1 aromatic rings. The van der Waals surface area contributed by atoms with E-state index in [1.165, 1.54) is 38.5 Å². The van der Waals surface area contributed by atoms with Crippen molar-refractivity contribution in [2.75, 3.05) is 29.5 Å². The fourth-order valence-electron chi connectivity index (χ4n) is 2.75. The van der Waals surface area contributed by atoms with Gasteiger partial charge in [-0.1, -0.05) is 32.6 Å². The fraction of sp³-hybridized carbons (Fsp3) is 0.733. The molecule has 112 valence electrons. The second-order valence-corrected chi connectivity index (χ2v) is 5.71. The molecular weight excluding hydrogens is 250 g/mol. The first-order valence-electron chi connectivity index (χ1n) is 7.80. The molecule has 1 aliphatic rings. The molecule has 0 unspecified atom stereocenters. The van der Waals surface area contributed by atoms with Crippen molar-refractivity contribution in [3.8, 4) is 0 Å². The number of nitrogens with one attached hydrogen (secondary N) is 1. The number of hydrogen-bond donors (Lipinski definition) is 2. The van der Waals surface area contributed by atoms with Crippen LogP contribution in [0.25, 0.3) is 0 Å². The third kappa shape index (κ3) is 3.74. The van der Waals surface area contributed by atoms with E-state index in [2.05, 4.69) is 27.1 Å². The predicted molar refractivity (Wildman–Crippen MR) is 85.1 cm³/mol. The lowest BCUT2D eigenvalue weighted by atomic mass is 9.95. The van der Waals surface area contributed by atoms with Gasteiger partial charge in [-0.2, -0.15) is 0 Å². The normalized spacial score (nSPS) is 16.1. The SMILES string of the molecule is CCCCN(C)c1ncnc(NC2CCCCC2)c1N. The lowest BCUT2D eigenvalue weighted by Crippen LogP contribution is -2.25. The summed E-state index contributed by atoms with van der Waals surface area (Å²) < 4.78 is 0. The summed E-state index contributed by atoms with van der Waals surface area (Å²) in [6, 6.07) is 0.509. The molecule has 5 heteroatoms. The summed E-state index contributed by atoms with van der Waals surface area (Å²) in [6.07, 6.45) is 10.3. The average molecular weight is 277 g/mol. The van der Waals surface area contributed by atoms with Crippen LogP contribution in [0.15, 0.2) is 6.33 Å². The standard InChI is InChI=1S/C15H27N5/c1-3-4-10-20(2)15-13(16)14(17-11-18-15)19-12-8-6-5-7-9-12/h11-12H,3-10,16H2,1-2H3,(H,17,18,19). The fourth-order valence-corrected chi connectivity index (χ4v) is 2.75. The van der Waals surface area contributed by atoms with E-state index in [0.717, 1.165) is 24.6 Å². The molecule has 1 heterocycles. The van der Waals surface area contributed by atoms with Crippen molar-refractivity contribution in [3.05, 3.63) is 6.33 Å². The maximum atomic E-state index is 6.24. The van der Waals surface area contributed by atoms with Gasteiger partial charge in [0.1, 0.15) is 12.0 Å². The zero-order valence-electron chi connectivity index (χ0n) is 12.7. The summed E-state index contributed by atoms with van der Waals surface area (Å²) in [6.45, 7) is 3.16. The third-order valence-electron chi connectivity index (χ3n) is 4.02. The van der Waals surface area contributed by atoms with Gasteiger partial charge in [-0.15, -0.1) is 0 Å². The number of hydrogen-bond acceptors (Lipinski definition) is 5. The van der Waals surface area contributed by atoms with E-state index in [1.807, 2.05) is 7.05 Å². The highest BCUT2D eigenvalue weighted by atomic mass is 15.2. The van der Waals surface area contributed by atoms with E-state index in [0.29, 0.717) is 11.7 Å². The molecular formula is C15H27N5. The Bertz CT molecular complexity index is 415. The van der Waals surface area contributed by atoms with Crippen molar-refractivity contribution >= 4 is 17.3 Å². The molecule has 1 aromatic heterocycles. The first-order valence-corrected chi connectivity index (χ1v) is 7.80. The van der Waals surface area contributed by atoms with Gasteiger partial charge in [0.2, 0.25) is 0 Å². The smallest absolute Gasteiger partial charge is 0.157 e. The Morgan fingerprint density at radius 3 is 2.75 bits per heavy atom. The minimum absolute atomic E-state index is 0.509. The van der Waals surface area contributed by atoms with Crippen LogP contribution in [0.1, 0.15) is 51.9 Å². The lowest BCUT2D eigenvalue weighted by molar-refractivity contribution is 0.462. The van der Waals surface area contributed by atoms with Crippen LogP contribution in [0, 0.1) is 0 Å². The maximum absolute atomic E-state index is 6.24. The van der Waals surface area contributed by atoms with Gasteiger partial charge in [0.05, 0.1) is 0 Å². The summed E-state index contributed by atoms with van der Waals surface area (Å²) >= 11 is 0. The van der Waals surface area contributed by atoms with Crippen molar-refractivity contribution in [2.24, 2.45) is 0 Å². The van der Waals surface area contributed by atoms with Gasteiger partial charge >= 0.3 is 0 Å². The molecule has 0 saturated heterocycles. The molecule has 0 amide bonds. The largest absolute Gasteiger partial charge is 0.393 e. The van der Waals surface area contributed by atoms with Gasteiger partial charge in [-0.3, -0.25) is 0 Å². The van der Waals surface area contributed by atoms with Crippen LogP contribution < -0.4 is 16.0 Å². The Kier molecular flexibility index (Phi) is 5.44.